The molecule has 0 unspecified atom stereocenters. The Morgan fingerprint density at radius 2 is 1.89 bits per heavy atom. The molecule has 0 saturated carbocycles. The van der Waals surface area contributed by atoms with Crippen LogP contribution in [0.2, 0.25) is 5.02 Å². The number of amides is 1. The van der Waals surface area contributed by atoms with Crippen LogP contribution in [-0.4, -0.2) is 27.1 Å². The number of hydrogen-bond acceptors (Lipinski definition) is 3. The van der Waals surface area contributed by atoms with Crippen LogP contribution in [0, 0.1) is 5.82 Å². The van der Waals surface area contributed by atoms with E-state index in [1.54, 1.807) is 43.3 Å². The fraction of sp³-hybridized carbons (Fsp3) is 0.316. The number of hydrogen-bond donors (Lipinski definition) is 1. The predicted molar refractivity (Wildman–Crippen MR) is 106 cm³/mol. The van der Waals surface area contributed by atoms with Gasteiger partial charge in [0.1, 0.15) is 5.82 Å². The third-order valence-electron chi connectivity index (χ3n) is 4.01. The van der Waals surface area contributed by atoms with Gasteiger partial charge in [-0.25, -0.2) is 12.8 Å². The molecule has 0 saturated heterocycles. The molecule has 0 aliphatic carbocycles. The zero-order valence-corrected chi connectivity index (χ0v) is 16.7. The van der Waals surface area contributed by atoms with E-state index in [0.717, 1.165) is 11.8 Å². The van der Waals surface area contributed by atoms with E-state index in [9.17, 15) is 17.6 Å². The molecule has 1 atom stereocenters. The average molecular weight is 413 g/mol. The number of nitrogens with one attached hydrogen (secondary N) is 1. The molecule has 1 amide bonds. The highest BCUT2D eigenvalue weighted by Crippen LogP contribution is 2.22. The molecule has 27 heavy (non-hydrogen) atoms. The minimum atomic E-state index is -3.50. The van der Waals surface area contributed by atoms with Crippen LogP contribution in [-0.2, 0) is 14.8 Å². The van der Waals surface area contributed by atoms with Crippen molar-refractivity contribution in [2.75, 3.05) is 17.1 Å². The van der Waals surface area contributed by atoms with E-state index in [1.807, 2.05) is 0 Å². The first kappa shape index (κ1) is 21.2. The van der Waals surface area contributed by atoms with Crippen LogP contribution in [0.25, 0.3) is 0 Å². The van der Waals surface area contributed by atoms with Crippen LogP contribution < -0.4 is 9.62 Å². The Labute approximate surface area is 164 Å². The van der Waals surface area contributed by atoms with Crippen molar-refractivity contribution in [3.05, 3.63) is 64.9 Å². The molecule has 0 spiro atoms. The highest BCUT2D eigenvalue weighted by Gasteiger charge is 2.18. The number of anilines is 1. The Bertz CT molecular complexity index is 888. The molecule has 2 aromatic carbocycles. The zero-order valence-electron chi connectivity index (χ0n) is 15.2. The molecule has 0 aromatic heterocycles. The maximum atomic E-state index is 13.0. The van der Waals surface area contributed by atoms with E-state index in [0.29, 0.717) is 17.1 Å². The smallest absolute Gasteiger partial charge is 0.232 e. The fourth-order valence-electron chi connectivity index (χ4n) is 2.65. The van der Waals surface area contributed by atoms with Gasteiger partial charge in [0.2, 0.25) is 15.9 Å². The molecule has 0 aliphatic heterocycles. The fourth-order valence-corrected chi connectivity index (χ4v) is 3.79. The molecule has 2 aromatic rings. The summed E-state index contributed by atoms with van der Waals surface area (Å²) in [7, 11) is -3.50. The molecule has 8 heteroatoms. The minimum absolute atomic E-state index is 0.164. The standard InChI is InChI=1S/C19H22ClFN2O3S/c1-14(15-8-10-17(21)11-9-15)22-19(24)7-4-12-23(27(2,25)26)18-6-3-5-16(20)13-18/h3,5-6,8-11,13-14H,4,7,12H2,1-2H3,(H,22,24)/t14-/m1/s1. The van der Waals surface area contributed by atoms with Gasteiger partial charge in [-0.1, -0.05) is 29.8 Å². The van der Waals surface area contributed by atoms with E-state index < -0.39 is 10.0 Å². The van der Waals surface area contributed by atoms with Crippen LogP contribution in [0.15, 0.2) is 48.5 Å². The van der Waals surface area contributed by atoms with E-state index in [1.165, 1.54) is 16.4 Å². The largest absolute Gasteiger partial charge is 0.350 e. The summed E-state index contributed by atoms with van der Waals surface area (Å²) in [5, 5.41) is 3.26. The number of nitrogens with zero attached hydrogens (tertiary/aromatic N) is 1. The second-order valence-corrected chi connectivity index (χ2v) is 8.60. The molecule has 0 bridgehead atoms. The molecular formula is C19H22ClFN2O3S. The first-order chi connectivity index (χ1) is 12.7. The Morgan fingerprint density at radius 1 is 1.22 bits per heavy atom. The van der Waals surface area contributed by atoms with Crippen LogP contribution in [0.4, 0.5) is 10.1 Å². The lowest BCUT2D eigenvalue weighted by atomic mass is 10.1. The number of rotatable bonds is 8. The quantitative estimate of drug-likeness (QED) is 0.715. The number of benzene rings is 2. The van der Waals surface area contributed by atoms with Crippen molar-refractivity contribution in [2.45, 2.75) is 25.8 Å². The second-order valence-electron chi connectivity index (χ2n) is 6.26. The lowest BCUT2D eigenvalue weighted by molar-refractivity contribution is -0.121. The van der Waals surface area contributed by atoms with Gasteiger partial charge >= 0.3 is 0 Å². The Hall–Kier alpha value is -2.12. The van der Waals surface area contributed by atoms with E-state index in [2.05, 4.69) is 5.32 Å². The zero-order chi connectivity index (χ0) is 20.0. The van der Waals surface area contributed by atoms with Gasteiger partial charge in [-0.2, -0.15) is 0 Å². The molecule has 0 heterocycles. The van der Waals surface area contributed by atoms with Gasteiger partial charge in [-0.3, -0.25) is 9.10 Å². The third-order valence-corrected chi connectivity index (χ3v) is 5.44. The van der Waals surface area contributed by atoms with Gasteiger partial charge in [0.25, 0.3) is 0 Å². The number of carbonyl (C=O) groups is 1. The number of halogens is 2. The summed E-state index contributed by atoms with van der Waals surface area (Å²) in [4.78, 5) is 12.1. The Kier molecular flexibility index (Phi) is 7.21. The molecule has 1 N–H and O–H groups in total. The Balaban J connectivity index is 1.92. The van der Waals surface area contributed by atoms with E-state index >= 15 is 0 Å². The van der Waals surface area contributed by atoms with Crippen LogP contribution in [0.5, 0.6) is 0 Å². The van der Waals surface area contributed by atoms with E-state index in [-0.39, 0.29) is 30.7 Å². The summed E-state index contributed by atoms with van der Waals surface area (Å²) in [6.45, 7) is 1.97. The molecule has 0 fully saturated rings. The van der Waals surface area contributed by atoms with Crippen LogP contribution in [0.1, 0.15) is 31.4 Å². The van der Waals surface area contributed by atoms with Gasteiger partial charge in [0.15, 0.2) is 0 Å². The summed E-state index contributed by atoms with van der Waals surface area (Å²) in [6, 6.07) is 12.2. The maximum absolute atomic E-state index is 13.0. The first-order valence-corrected chi connectivity index (χ1v) is 10.7. The van der Waals surface area contributed by atoms with E-state index in [4.69, 9.17) is 11.6 Å². The lowest BCUT2D eigenvalue weighted by Gasteiger charge is -2.22. The molecule has 5 nitrogen and oxygen atoms in total. The van der Waals surface area contributed by atoms with Crippen LogP contribution in [0.3, 0.4) is 0 Å². The topological polar surface area (TPSA) is 66.5 Å². The summed E-state index contributed by atoms with van der Waals surface area (Å²) < 4.78 is 38.3. The summed E-state index contributed by atoms with van der Waals surface area (Å²) in [5.41, 5.74) is 1.26. The van der Waals surface area contributed by atoms with Crippen molar-refractivity contribution in [1.82, 2.24) is 5.32 Å². The van der Waals surface area contributed by atoms with Crippen molar-refractivity contribution < 1.29 is 17.6 Å². The third kappa shape index (κ3) is 6.52. The monoisotopic (exact) mass is 412 g/mol. The first-order valence-electron chi connectivity index (χ1n) is 8.45. The highest BCUT2D eigenvalue weighted by atomic mass is 35.5. The van der Waals surface area contributed by atoms with Crippen molar-refractivity contribution in [1.29, 1.82) is 0 Å². The normalized spacial score (nSPS) is 12.4. The summed E-state index contributed by atoms with van der Waals surface area (Å²) in [6.07, 6.45) is 1.63. The summed E-state index contributed by atoms with van der Waals surface area (Å²) in [5.74, 6) is -0.537. The lowest BCUT2D eigenvalue weighted by Crippen LogP contribution is -2.32. The van der Waals surface area contributed by atoms with Crippen molar-refractivity contribution in [3.63, 3.8) is 0 Å². The van der Waals surface area contributed by atoms with Gasteiger partial charge in [-0.15, -0.1) is 0 Å². The number of sulfonamides is 1. The summed E-state index contributed by atoms with van der Waals surface area (Å²) >= 11 is 5.94. The van der Waals surface area contributed by atoms with Crippen molar-refractivity contribution in [2.24, 2.45) is 0 Å². The highest BCUT2D eigenvalue weighted by molar-refractivity contribution is 7.92. The van der Waals surface area contributed by atoms with Gasteiger partial charge in [0.05, 0.1) is 18.0 Å². The van der Waals surface area contributed by atoms with Crippen LogP contribution >= 0.6 is 11.6 Å². The number of carbonyl (C=O) groups excluding carboxylic acids is 1. The van der Waals surface area contributed by atoms with Crippen molar-refractivity contribution in [3.8, 4) is 0 Å². The van der Waals surface area contributed by atoms with Gasteiger partial charge in [-0.05, 0) is 49.2 Å². The Morgan fingerprint density at radius 3 is 2.48 bits per heavy atom. The molecule has 0 aliphatic rings. The average Bonchev–Trinajstić information content (AvgIpc) is 2.58. The molecule has 146 valence electrons. The molecular weight excluding hydrogens is 391 g/mol. The predicted octanol–water partition coefficient (Wildman–Crippen LogP) is 3.90. The SMILES string of the molecule is C[C@@H](NC(=O)CCCN(c1cccc(Cl)c1)S(C)(=O)=O)c1ccc(F)cc1. The molecule has 0 radical (unpaired) electrons. The second kappa shape index (κ2) is 9.19. The van der Waals surface area contributed by atoms with Crippen molar-refractivity contribution >= 4 is 33.2 Å². The maximum Gasteiger partial charge on any atom is 0.232 e. The van der Waals surface area contributed by atoms with Gasteiger partial charge < -0.3 is 5.32 Å². The minimum Gasteiger partial charge on any atom is -0.350 e. The molecule has 2 rings (SSSR count). The van der Waals surface area contributed by atoms with Gasteiger partial charge in [0, 0.05) is 18.0 Å².